The highest BCUT2D eigenvalue weighted by Gasteiger charge is 2.20. The van der Waals surface area contributed by atoms with Gasteiger partial charge < -0.3 is 4.42 Å². The van der Waals surface area contributed by atoms with E-state index in [0.717, 1.165) is 11.1 Å². The van der Waals surface area contributed by atoms with E-state index in [1.807, 2.05) is 26.0 Å². The Labute approximate surface area is 163 Å². The highest BCUT2D eigenvalue weighted by atomic mass is 32.2. The number of hydrogen-bond donors (Lipinski definition) is 1. The van der Waals surface area contributed by atoms with Crippen molar-refractivity contribution in [3.63, 3.8) is 0 Å². The van der Waals surface area contributed by atoms with Crippen LogP contribution >= 0.6 is 0 Å². The normalized spacial score (nSPS) is 11.6. The van der Waals surface area contributed by atoms with E-state index in [9.17, 15) is 13.2 Å². The summed E-state index contributed by atoms with van der Waals surface area (Å²) in [4.78, 5) is 12.7. The largest absolute Gasteiger partial charge is 0.403 e. The quantitative estimate of drug-likeness (QED) is 0.700. The van der Waals surface area contributed by atoms with Gasteiger partial charge in [0.2, 0.25) is 5.89 Å². The third kappa shape index (κ3) is 3.96. The lowest BCUT2D eigenvalue weighted by Crippen LogP contribution is -2.13. The third-order valence-electron chi connectivity index (χ3n) is 4.33. The van der Waals surface area contributed by atoms with Gasteiger partial charge >= 0.3 is 6.01 Å². The lowest BCUT2D eigenvalue weighted by Gasteiger charge is -2.07. The predicted molar refractivity (Wildman–Crippen MR) is 106 cm³/mol. The van der Waals surface area contributed by atoms with Gasteiger partial charge in [0.25, 0.3) is 5.91 Å². The van der Waals surface area contributed by atoms with Crippen LogP contribution in [0.4, 0.5) is 6.01 Å². The van der Waals surface area contributed by atoms with Gasteiger partial charge in [-0.2, -0.15) is 0 Å². The number of nitrogens with zero attached hydrogens (tertiary/aromatic N) is 2. The number of carbonyl (C=O) groups is 1. The third-order valence-corrected chi connectivity index (χ3v) is 6.50. The number of aromatic nitrogens is 2. The number of anilines is 1. The number of rotatable bonds is 5. The molecule has 0 unspecified atom stereocenters. The molecule has 146 valence electrons. The summed E-state index contributed by atoms with van der Waals surface area (Å²) in [7, 11) is -3.35. The van der Waals surface area contributed by atoms with Crippen molar-refractivity contribution in [2.75, 3.05) is 5.32 Å². The maximum Gasteiger partial charge on any atom is 0.322 e. The summed E-state index contributed by atoms with van der Waals surface area (Å²) in [5.41, 5.74) is 2.90. The molecular formula is C20H21N3O4S. The summed E-state index contributed by atoms with van der Waals surface area (Å²) in [6.45, 7) is 7.02. The average molecular weight is 399 g/mol. The van der Waals surface area contributed by atoms with Gasteiger partial charge in [0.15, 0.2) is 9.84 Å². The maximum atomic E-state index is 12.4. The number of carbonyl (C=O) groups excluding carboxylic acids is 1. The molecule has 0 aliphatic heterocycles. The number of nitrogens with one attached hydrogen (secondary N) is 1. The summed E-state index contributed by atoms with van der Waals surface area (Å²) < 4.78 is 29.9. The molecule has 28 heavy (non-hydrogen) atoms. The molecule has 8 heteroatoms. The zero-order valence-corrected chi connectivity index (χ0v) is 16.9. The Morgan fingerprint density at radius 3 is 2.36 bits per heavy atom. The number of benzene rings is 2. The van der Waals surface area contributed by atoms with Crippen molar-refractivity contribution >= 4 is 21.8 Å². The monoisotopic (exact) mass is 399 g/mol. The van der Waals surface area contributed by atoms with Crippen LogP contribution in [-0.2, 0) is 9.84 Å². The molecule has 1 amide bonds. The second kappa shape index (κ2) is 7.55. The van der Waals surface area contributed by atoms with E-state index in [4.69, 9.17) is 4.42 Å². The van der Waals surface area contributed by atoms with Crippen LogP contribution in [-0.4, -0.2) is 29.8 Å². The van der Waals surface area contributed by atoms with Crippen LogP contribution in [0.3, 0.4) is 0 Å². The molecule has 0 saturated carbocycles. The number of hydrogen-bond acceptors (Lipinski definition) is 6. The maximum absolute atomic E-state index is 12.4. The van der Waals surface area contributed by atoms with Crippen LogP contribution in [0.1, 0.15) is 35.3 Å². The minimum absolute atomic E-state index is 0.0280. The van der Waals surface area contributed by atoms with Gasteiger partial charge in [0.05, 0.1) is 10.1 Å². The lowest BCUT2D eigenvalue weighted by atomic mass is 10.1. The SMILES string of the molecule is Cc1ccc(C)c(C(=O)Nc2nnc(-c3ccc(S(=O)(=O)C(C)C)cc3)o2)c1. The molecule has 0 fully saturated rings. The number of aryl methyl sites for hydroxylation is 2. The molecule has 7 nitrogen and oxygen atoms in total. The molecule has 1 aromatic heterocycles. The first-order valence-corrected chi connectivity index (χ1v) is 10.3. The molecule has 0 aliphatic rings. The van der Waals surface area contributed by atoms with Crippen molar-refractivity contribution in [3.05, 3.63) is 59.2 Å². The first kappa shape index (κ1) is 19.8. The van der Waals surface area contributed by atoms with Crippen molar-refractivity contribution in [2.45, 2.75) is 37.8 Å². The van der Waals surface area contributed by atoms with Gasteiger partial charge in [-0.3, -0.25) is 10.1 Å². The summed E-state index contributed by atoms with van der Waals surface area (Å²) >= 11 is 0. The van der Waals surface area contributed by atoms with Crippen LogP contribution in [0.2, 0.25) is 0 Å². The molecule has 3 aromatic rings. The van der Waals surface area contributed by atoms with E-state index in [1.54, 1.807) is 32.0 Å². The molecule has 1 N–H and O–H groups in total. The fraction of sp³-hybridized carbons (Fsp3) is 0.250. The van der Waals surface area contributed by atoms with Gasteiger partial charge in [-0.25, -0.2) is 8.42 Å². The molecule has 2 aromatic carbocycles. The summed E-state index contributed by atoms with van der Waals surface area (Å²) in [6.07, 6.45) is 0. The molecule has 0 atom stereocenters. The van der Waals surface area contributed by atoms with E-state index >= 15 is 0 Å². The van der Waals surface area contributed by atoms with Crippen molar-refractivity contribution in [1.82, 2.24) is 10.2 Å². The summed E-state index contributed by atoms with van der Waals surface area (Å²) in [6, 6.07) is 11.8. The second-order valence-corrected chi connectivity index (χ2v) is 9.31. The number of amides is 1. The fourth-order valence-electron chi connectivity index (χ4n) is 2.59. The van der Waals surface area contributed by atoms with Gasteiger partial charge in [-0.15, -0.1) is 5.10 Å². The van der Waals surface area contributed by atoms with E-state index in [-0.39, 0.29) is 22.7 Å². The zero-order chi connectivity index (χ0) is 20.5. The van der Waals surface area contributed by atoms with E-state index < -0.39 is 15.1 Å². The molecular weight excluding hydrogens is 378 g/mol. The molecule has 0 radical (unpaired) electrons. The Balaban J connectivity index is 1.79. The van der Waals surface area contributed by atoms with Gasteiger partial charge in [-0.05, 0) is 63.6 Å². The highest BCUT2D eigenvalue weighted by molar-refractivity contribution is 7.92. The Bertz CT molecular complexity index is 1120. The Morgan fingerprint density at radius 2 is 1.71 bits per heavy atom. The smallest absolute Gasteiger partial charge is 0.322 e. The van der Waals surface area contributed by atoms with E-state index in [2.05, 4.69) is 15.5 Å². The lowest BCUT2D eigenvalue weighted by molar-refractivity contribution is 0.102. The Kier molecular flexibility index (Phi) is 5.33. The standard InChI is InChI=1S/C20H21N3O4S/c1-12(2)28(25,26)16-9-7-15(8-10-16)19-22-23-20(27-19)21-18(24)17-11-13(3)5-6-14(17)4/h5-12H,1-4H3,(H,21,23,24). The van der Waals surface area contributed by atoms with Crippen LogP contribution < -0.4 is 5.32 Å². The van der Waals surface area contributed by atoms with Gasteiger partial charge in [-0.1, -0.05) is 22.8 Å². The minimum atomic E-state index is -3.35. The van der Waals surface area contributed by atoms with Gasteiger partial charge in [0, 0.05) is 11.1 Å². The first-order valence-electron chi connectivity index (χ1n) is 8.75. The molecule has 0 spiro atoms. The van der Waals surface area contributed by atoms with Crippen molar-refractivity contribution in [3.8, 4) is 11.5 Å². The summed E-state index contributed by atoms with van der Waals surface area (Å²) in [5, 5.41) is 9.85. The topological polar surface area (TPSA) is 102 Å². The van der Waals surface area contributed by atoms with Gasteiger partial charge in [0.1, 0.15) is 0 Å². The highest BCUT2D eigenvalue weighted by Crippen LogP contribution is 2.24. The molecule has 3 rings (SSSR count). The van der Waals surface area contributed by atoms with Crippen molar-refractivity contribution in [1.29, 1.82) is 0 Å². The van der Waals surface area contributed by atoms with E-state index in [1.165, 1.54) is 12.1 Å². The molecule has 0 bridgehead atoms. The van der Waals surface area contributed by atoms with Crippen LogP contribution in [0.15, 0.2) is 51.8 Å². The van der Waals surface area contributed by atoms with Crippen LogP contribution in [0.5, 0.6) is 0 Å². The van der Waals surface area contributed by atoms with Crippen LogP contribution in [0, 0.1) is 13.8 Å². The second-order valence-electron chi connectivity index (χ2n) is 6.80. The first-order chi connectivity index (χ1) is 13.2. The Hall–Kier alpha value is -3.00. The van der Waals surface area contributed by atoms with Crippen LogP contribution in [0.25, 0.3) is 11.5 Å². The number of sulfone groups is 1. The Morgan fingerprint density at radius 1 is 1.04 bits per heavy atom. The predicted octanol–water partition coefficient (Wildman–Crippen LogP) is 3.79. The summed E-state index contributed by atoms with van der Waals surface area (Å²) in [5.74, 6) is -0.153. The van der Waals surface area contributed by atoms with Crippen molar-refractivity contribution in [2.24, 2.45) is 0 Å². The fourth-order valence-corrected chi connectivity index (χ4v) is 3.65. The molecule has 0 saturated heterocycles. The van der Waals surface area contributed by atoms with E-state index in [0.29, 0.717) is 11.1 Å². The molecule has 1 heterocycles. The minimum Gasteiger partial charge on any atom is -0.403 e. The zero-order valence-electron chi connectivity index (χ0n) is 16.1. The van der Waals surface area contributed by atoms with Crippen molar-refractivity contribution < 1.29 is 17.6 Å². The average Bonchev–Trinajstić information content (AvgIpc) is 3.12. The molecule has 0 aliphatic carbocycles.